The summed E-state index contributed by atoms with van der Waals surface area (Å²) in [6, 6.07) is 11.8. The Morgan fingerprint density at radius 3 is 2.50 bits per heavy atom. The van der Waals surface area contributed by atoms with Crippen LogP contribution in [0.15, 0.2) is 47.6 Å². The van der Waals surface area contributed by atoms with Crippen molar-refractivity contribution in [1.82, 2.24) is 4.90 Å². The monoisotopic (exact) mass is 542 g/mol. The number of rotatable bonds is 10. The van der Waals surface area contributed by atoms with Gasteiger partial charge in [-0.2, -0.15) is 0 Å². The molecule has 2 aromatic carbocycles. The number of benzene rings is 2. The number of amides is 2. The second-order valence-electron chi connectivity index (χ2n) is 9.76. The maximum absolute atomic E-state index is 13.8. The second kappa shape index (κ2) is 13.4. The first-order chi connectivity index (χ1) is 18.1. The van der Waals surface area contributed by atoms with Crippen LogP contribution in [0.2, 0.25) is 5.02 Å². The van der Waals surface area contributed by atoms with Gasteiger partial charge in [0.1, 0.15) is 11.9 Å². The van der Waals surface area contributed by atoms with Crippen LogP contribution in [0.3, 0.4) is 0 Å². The molecule has 0 aliphatic carbocycles. The standard InChI is InChI=1S/C29H35ClN2O6/c1-5-19(20-6-8-21(9-7-20)29(35)36)16-27(33)32-17-25(31-38-18(2)3)12-10-22(28(32)34)14-23-15-24(30)11-13-26(23)37-4/h6-9,11,13,15,18-19,22H,5,10,12,14,16-17H2,1-4H3,(H,35,36)/b31-25+/t19-,22?/m0/s1. The lowest BCUT2D eigenvalue weighted by Crippen LogP contribution is -2.42. The normalized spacial score (nSPS) is 17.8. The van der Waals surface area contributed by atoms with Crippen molar-refractivity contribution >= 4 is 35.1 Å². The minimum atomic E-state index is -1.01. The lowest BCUT2D eigenvalue weighted by atomic mass is 9.91. The highest BCUT2D eigenvalue weighted by Crippen LogP contribution is 2.30. The van der Waals surface area contributed by atoms with Crippen LogP contribution in [0.25, 0.3) is 0 Å². The minimum Gasteiger partial charge on any atom is -0.496 e. The first-order valence-electron chi connectivity index (χ1n) is 12.8. The molecule has 1 saturated heterocycles. The Morgan fingerprint density at radius 1 is 1.18 bits per heavy atom. The zero-order valence-corrected chi connectivity index (χ0v) is 23.0. The van der Waals surface area contributed by atoms with Gasteiger partial charge in [-0.05, 0) is 86.9 Å². The average Bonchev–Trinajstić information content (AvgIpc) is 3.05. The zero-order chi connectivity index (χ0) is 27.8. The first-order valence-corrected chi connectivity index (χ1v) is 13.2. The van der Waals surface area contributed by atoms with E-state index < -0.39 is 11.9 Å². The molecule has 8 nitrogen and oxygen atoms in total. The molecule has 1 aliphatic rings. The molecule has 1 N–H and O–H groups in total. The van der Waals surface area contributed by atoms with E-state index in [0.717, 1.165) is 11.1 Å². The van der Waals surface area contributed by atoms with E-state index in [0.29, 0.717) is 42.2 Å². The van der Waals surface area contributed by atoms with Gasteiger partial charge in [0, 0.05) is 17.4 Å². The number of halogens is 1. The summed E-state index contributed by atoms with van der Waals surface area (Å²) in [6.45, 7) is 5.77. The Labute approximate surface area is 228 Å². The minimum absolute atomic E-state index is 0.0714. The van der Waals surface area contributed by atoms with Gasteiger partial charge in [0.05, 0.1) is 24.9 Å². The fourth-order valence-electron chi connectivity index (χ4n) is 4.57. The molecule has 204 valence electrons. The van der Waals surface area contributed by atoms with E-state index in [1.54, 1.807) is 37.4 Å². The largest absolute Gasteiger partial charge is 0.496 e. The number of likely N-dealkylation sites (tertiary alicyclic amines) is 1. The van der Waals surface area contributed by atoms with Gasteiger partial charge < -0.3 is 14.7 Å². The van der Waals surface area contributed by atoms with E-state index in [-0.39, 0.29) is 42.4 Å². The lowest BCUT2D eigenvalue weighted by Gasteiger charge is -2.25. The molecule has 1 unspecified atom stereocenters. The van der Waals surface area contributed by atoms with Crippen molar-refractivity contribution in [2.75, 3.05) is 13.7 Å². The summed E-state index contributed by atoms with van der Waals surface area (Å²) >= 11 is 6.22. The molecule has 2 atom stereocenters. The number of hydrogen-bond acceptors (Lipinski definition) is 6. The molecule has 0 bridgehead atoms. The fraction of sp³-hybridized carbons (Fsp3) is 0.448. The molecule has 2 amide bonds. The van der Waals surface area contributed by atoms with Crippen molar-refractivity contribution in [3.8, 4) is 5.75 Å². The Bertz CT molecular complexity index is 1180. The van der Waals surface area contributed by atoms with Crippen molar-refractivity contribution < 1.29 is 29.1 Å². The van der Waals surface area contributed by atoms with Crippen LogP contribution < -0.4 is 4.74 Å². The molecule has 1 fully saturated rings. The van der Waals surface area contributed by atoms with E-state index in [2.05, 4.69) is 5.16 Å². The number of imide groups is 1. The Balaban J connectivity index is 1.87. The van der Waals surface area contributed by atoms with Crippen LogP contribution in [0.5, 0.6) is 5.75 Å². The molecule has 0 radical (unpaired) electrons. The van der Waals surface area contributed by atoms with E-state index >= 15 is 0 Å². The predicted molar refractivity (Wildman–Crippen MR) is 146 cm³/mol. The quantitative estimate of drug-likeness (QED) is 0.385. The molecule has 38 heavy (non-hydrogen) atoms. The summed E-state index contributed by atoms with van der Waals surface area (Å²) < 4.78 is 5.48. The second-order valence-corrected chi connectivity index (χ2v) is 10.2. The summed E-state index contributed by atoms with van der Waals surface area (Å²) in [5.74, 6) is -1.56. The number of oxime groups is 1. The highest BCUT2D eigenvalue weighted by atomic mass is 35.5. The number of ether oxygens (including phenoxy) is 1. The Hall–Kier alpha value is -3.39. The van der Waals surface area contributed by atoms with Crippen LogP contribution in [-0.4, -0.2) is 53.3 Å². The van der Waals surface area contributed by atoms with E-state index in [9.17, 15) is 19.5 Å². The zero-order valence-electron chi connectivity index (χ0n) is 22.3. The van der Waals surface area contributed by atoms with E-state index in [1.807, 2.05) is 20.8 Å². The van der Waals surface area contributed by atoms with Gasteiger partial charge in [0.25, 0.3) is 0 Å². The Kier molecular flexibility index (Phi) is 10.3. The number of aromatic carboxylic acids is 1. The molecule has 1 aliphatic heterocycles. The number of carbonyl (C=O) groups excluding carboxylic acids is 2. The predicted octanol–water partition coefficient (Wildman–Crippen LogP) is 5.72. The number of methoxy groups -OCH3 is 1. The van der Waals surface area contributed by atoms with Crippen LogP contribution in [0, 0.1) is 5.92 Å². The van der Waals surface area contributed by atoms with Crippen molar-refractivity contribution in [3.05, 3.63) is 64.2 Å². The van der Waals surface area contributed by atoms with Crippen LogP contribution >= 0.6 is 11.6 Å². The summed E-state index contributed by atoms with van der Waals surface area (Å²) in [7, 11) is 1.57. The van der Waals surface area contributed by atoms with Crippen LogP contribution in [-0.2, 0) is 20.8 Å². The number of carbonyl (C=O) groups is 3. The maximum atomic E-state index is 13.8. The fourth-order valence-corrected chi connectivity index (χ4v) is 4.76. The SMILES string of the molecule is CC[C@@H](CC(=O)N1C/C(=N/OC(C)C)CCC(Cc2cc(Cl)ccc2OC)C1=O)c1ccc(C(=O)O)cc1. The van der Waals surface area contributed by atoms with Crippen molar-refractivity contribution in [1.29, 1.82) is 0 Å². The summed E-state index contributed by atoms with van der Waals surface area (Å²) in [5.41, 5.74) is 2.47. The molecular weight excluding hydrogens is 508 g/mol. The van der Waals surface area contributed by atoms with Crippen molar-refractivity contribution in [3.63, 3.8) is 0 Å². The van der Waals surface area contributed by atoms with E-state index in [1.165, 1.54) is 17.0 Å². The van der Waals surface area contributed by atoms with Gasteiger partial charge in [-0.1, -0.05) is 35.8 Å². The molecule has 0 spiro atoms. The summed E-state index contributed by atoms with van der Waals surface area (Å²) in [6.07, 6.45) is 2.03. The molecule has 2 aromatic rings. The molecule has 0 aromatic heterocycles. The average molecular weight is 543 g/mol. The number of carboxylic acids is 1. The lowest BCUT2D eigenvalue weighted by molar-refractivity contribution is -0.146. The molecule has 1 heterocycles. The maximum Gasteiger partial charge on any atom is 0.335 e. The summed E-state index contributed by atoms with van der Waals surface area (Å²) in [4.78, 5) is 45.3. The third kappa shape index (κ3) is 7.57. The number of nitrogens with zero attached hydrogens (tertiary/aromatic N) is 2. The molecule has 9 heteroatoms. The highest BCUT2D eigenvalue weighted by molar-refractivity contribution is 6.30. The first kappa shape index (κ1) is 29.2. The molecular formula is C29H35ClN2O6. The van der Waals surface area contributed by atoms with Crippen molar-refractivity contribution in [2.24, 2.45) is 11.1 Å². The van der Waals surface area contributed by atoms with Crippen LogP contribution in [0.4, 0.5) is 0 Å². The molecule has 3 rings (SSSR count). The van der Waals surface area contributed by atoms with Gasteiger partial charge in [-0.3, -0.25) is 14.5 Å². The van der Waals surface area contributed by atoms with Gasteiger partial charge >= 0.3 is 5.97 Å². The van der Waals surface area contributed by atoms with Gasteiger partial charge in [-0.15, -0.1) is 0 Å². The summed E-state index contributed by atoms with van der Waals surface area (Å²) in [5, 5.41) is 14.0. The third-order valence-corrected chi connectivity index (χ3v) is 6.92. The number of hydrogen-bond donors (Lipinski definition) is 1. The number of carboxylic acid groups (broad SMARTS) is 1. The topological polar surface area (TPSA) is 106 Å². The van der Waals surface area contributed by atoms with Crippen LogP contribution in [0.1, 0.15) is 73.9 Å². The van der Waals surface area contributed by atoms with Gasteiger partial charge in [-0.25, -0.2) is 4.79 Å². The Morgan fingerprint density at radius 2 is 1.89 bits per heavy atom. The molecule has 0 saturated carbocycles. The van der Waals surface area contributed by atoms with E-state index in [4.69, 9.17) is 21.2 Å². The third-order valence-electron chi connectivity index (χ3n) is 6.68. The van der Waals surface area contributed by atoms with Crippen molar-refractivity contribution in [2.45, 2.75) is 64.9 Å². The smallest absolute Gasteiger partial charge is 0.335 e. The highest BCUT2D eigenvalue weighted by Gasteiger charge is 2.35. The van der Waals surface area contributed by atoms with Gasteiger partial charge in [0.15, 0.2) is 0 Å². The van der Waals surface area contributed by atoms with Gasteiger partial charge in [0.2, 0.25) is 11.8 Å².